The second-order valence-corrected chi connectivity index (χ2v) is 6.55. The van der Waals surface area contributed by atoms with Crippen LogP contribution < -0.4 is 10.1 Å². The van der Waals surface area contributed by atoms with Gasteiger partial charge in [0.05, 0.1) is 19.3 Å². The lowest BCUT2D eigenvalue weighted by molar-refractivity contribution is -0.123. The first-order chi connectivity index (χ1) is 12.2. The van der Waals surface area contributed by atoms with Gasteiger partial charge in [-0.15, -0.1) is 0 Å². The molecule has 1 aromatic heterocycles. The van der Waals surface area contributed by atoms with E-state index >= 15 is 0 Å². The minimum Gasteiger partial charge on any atom is -0.484 e. The Kier molecular flexibility index (Phi) is 6.38. The van der Waals surface area contributed by atoms with Crippen LogP contribution in [0.25, 0.3) is 0 Å². The van der Waals surface area contributed by atoms with Crippen LogP contribution >= 0.6 is 11.3 Å². The van der Waals surface area contributed by atoms with E-state index in [4.69, 9.17) is 9.47 Å². The molecule has 1 aromatic carbocycles. The highest BCUT2D eigenvalue weighted by Gasteiger charge is 2.23. The van der Waals surface area contributed by atoms with Crippen molar-refractivity contribution < 1.29 is 18.7 Å². The standard InChI is InChI=1S/C18H21FN2O3S/c19-15-1-3-16(4-2-15)24-12-18(22)20-11-17(14-5-10-25-13-14)21-6-8-23-9-7-21/h1-5,10,13,17H,6-9,11-12H2,(H,20,22)/t17-/m0/s1. The Morgan fingerprint density at radius 1 is 1.28 bits per heavy atom. The Hall–Kier alpha value is -1.96. The number of ether oxygens (including phenoxy) is 2. The number of nitrogens with one attached hydrogen (secondary N) is 1. The van der Waals surface area contributed by atoms with Gasteiger partial charge in [-0.05, 0) is 46.7 Å². The quantitative estimate of drug-likeness (QED) is 0.820. The highest BCUT2D eigenvalue weighted by Crippen LogP contribution is 2.23. The number of carbonyl (C=O) groups is 1. The number of morpholine rings is 1. The van der Waals surface area contributed by atoms with Crippen LogP contribution in [0.3, 0.4) is 0 Å². The molecule has 5 nitrogen and oxygen atoms in total. The van der Waals surface area contributed by atoms with Crippen LogP contribution in [0, 0.1) is 5.82 Å². The van der Waals surface area contributed by atoms with Crippen molar-refractivity contribution >= 4 is 17.2 Å². The first-order valence-corrected chi connectivity index (χ1v) is 9.15. The van der Waals surface area contributed by atoms with Gasteiger partial charge in [0.15, 0.2) is 6.61 Å². The van der Waals surface area contributed by atoms with Crippen LogP contribution in [0.2, 0.25) is 0 Å². The minimum absolute atomic E-state index is 0.0922. The highest BCUT2D eigenvalue weighted by molar-refractivity contribution is 7.07. The molecule has 1 fully saturated rings. The fraction of sp³-hybridized carbons (Fsp3) is 0.389. The van der Waals surface area contributed by atoms with Crippen molar-refractivity contribution in [2.75, 3.05) is 39.5 Å². The summed E-state index contributed by atoms with van der Waals surface area (Å²) in [4.78, 5) is 14.4. The Balaban J connectivity index is 1.51. The molecule has 1 aliphatic heterocycles. The molecule has 1 saturated heterocycles. The largest absolute Gasteiger partial charge is 0.484 e. The third-order valence-electron chi connectivity index (χ3n) is 4.09. The molecule has 2 aromatic rings. The maximum absolute atomic E-state index is 12.9. The van der Waals surface area contributed by atoms with Crippen LogP contribution in [0.15, 0.2) is 41.1 Å². The molecule has 1 aliphatic rings. The van der Waals surface area contributed by atoms with Crippen LogP contribution in [0.1, 0.15) is 11.6 Å². The Labute approximate surface area is 150 Å². The molecule has 0 unspecified atom stereocenters. The summed E-state index contributed by atoms with van der Waals surface area (Å²) in [6, 6.07) is 7.84. The smallest absolute Gasteiger partial charge is 0.258 e. The van der Waals surface area contributed by atoms with Crippen LogP contribution in [0.5, 0.6) is 5.75 Å². The summed E-state index contributed by atoms with van der Waals surface area (Å²) in [7, 11) is 0. The van der Waals surface area contributed by atoms with Gasteiger partial charge in [-0.2, -0.15) is 11.3 Å². The molecule has 3 rings (SSSR count). The highest BCUT2D eigenvalue weighted by atomic mass is 32.1. The average molecular weight is 364 g/mol. The number of thiophene rings is 1. The molecule has 2 heterocycles. The molecular formula is C18H21FN2O3S. The van der Waals surface area contributed by atoms with Crippen molar-refractivity contribution in [3.8, 4) is 5.75 Å². The van der Waals surface area contributed by atoms with E-state index in [9.17, 15) is 9.18 Å². The predicted octanol–water partition coefficient (Wildman–Crippen LogP) is 2.46. The predicted molar refractivity (Wildman–Crippen MR) is 94.4 cm³/mol. The van der Waals surface area contributed by atoms with Crippen molar-refractivity contribution in [3.63, 3.8) is 0 Å². The topological polar surface area (TPSA) is 50.8 Å². The normalized spacial score (nSPS) is 16.4. The second kappa shape index (κ2) is 8.94. The van der Waals surface area contributed by atoms with Crippen molar-refractivity contribution in [1.29, 1.82) is 0 Å². The van der Waals surface area contributed by atoms with Crippen LogP contribution in [0.4, 0.5) is 4.39 Å². The zero-order chi connectivity index (χ0) is 17.5. The molecule has 0 radical (unpaired) electrons. The van der Waals surface area contributed by atoms with Crippen molar-refractivity contribution in [1.82, 2.24) is 10.2 Å². The molecule has 25 heavy (non-hydrogen) atoms. The van der Waals surface area contributed by atoms with Gasteiger partial charge < -0.3 is 14.8 Å². The van der Waals surface area contributed by atoms with Gasteiger partial charge in [0.25, 0.3) is 5.91 Å². The molecule has 0 bridgehead atoms. The number of hydrogen-bond acceptors (Lipinski definition) is 5. The number of hydrogen-bond donors (Lipinski definition) is 1. The monoisotopic (exact) mass is 364 g/mol. The Bertz CT molecular complexity index is 657. The van der Waals surface area contributed by atoms with E-state index in [-0.39, 0.29) is 24.4 Å². The van der Waals surface area contributed by atoms with Gasteiger partial charge in [0.1, 0.15) is 11.6 Å². The molecule has 134 valence electrons. The van der Waals surface area contributed by atoms with Gasteiger partial charge in [0.2, 0.25) is 0 Å². The van der Waals surface area contributed by atoms with E-state index in [0.29, 0.717) is 25.5 Å². The van der Waals surface area contributed by atoms with Crippen LogP contribution in [-0.4, -0.2) is 50.3 Å². The zero-order valence-electron chi connectivity index (χ0n) is 13.8. The van der Waals surface area contributed by atoms with Crippen molar-refractivity contribution in [2.24, 2.45) is 0 Å². The number of benzene rings is 1. The lowest BCUT2D eigenvalue weighted by Crippen LogP contribution is -2.44. The molecule has 7 heteroatoms. The lowest BCUT2D eigenvalue weighted by atomic mass is 10.1. The molecule has 0 saturated carbocycles. The summed E-state index contributed by atoms with van der Waals surface area (Å²) in [5, 5.41) is 7.09. The number of carbonyl (C=O) groups excluding carboxylic acids is 1. The molecule has 0 aliphatic carbocycles. The summed E-state index contributed by atoms with van der Waals surface area (Å²) in [5.41, 5.74) is 1.20. The first kappa shape index (κ1) is 17.8. The number of nitrogens with zero attached hydrogens (tertiary/aromatic N) is 1. The van der Waals surface area contributed by atoms with Crippen molar-refractivity contribution in [2.45, 2.75) is 6.04 Å². The zero-order valence-corrected chi connectivity index (χ0v) is 14.6. The van der Waals surface area contributed by atoms with Gasteiger partial charge in [0, 0.05) is 19.6 Å². The second-order valence-electron chi connectivity index (χ2n) is 5.77. The van der Waals surface area contributed by atoms with E-state index < -0.39 is 0 Å². The summed E-state index contributed by atoms with van der Waals surface area (Å²) in [6.07, 6.45) is 0. The maximum atomic E-state index is 12.9. The number of rotatable bonds is 7. The summed E-state index contributed by atoms with van der Waals surface area (Å²) in [5.74, 6) is -0.0576. The summed E-state index contributed by atoms with van der Waals surface area (Å²) >= 11 is 1.65. The van der Waals surface area contributed by atoms with E-state index in [1.165, 1.54) is 29.8 Å². The van der Waals surface area contributed by atoms with E-state index in [1.807, 2.05) is 5.38 Å². The van der Waals surface area contributed by atoms with Gasteiger partial charge >= 0.3 is 0 Å². The van der Waals surface area contributed by atoms with Crippen LogP contribution in [-0.2, 0) is 9.53 Å². The minimum atomic E-state index is -0.332. The first-order valence-electron chi connectivity index (χ1n) is 8.21. The molecule has 1 atom stereocenters. The van der Waals surface area contributed by atoms with Gasteiger partial charge in [-0.25, -0.2) is 4.39 Å². The van der Waals surface area contributed by atoms with E-state index in [1.54, 1.807) is 11.3 Å². The molecule has 1 N–H and O–H groups in total. The van der Waals surface area contributed by atoms with Gasteiger partial charge in [-0.1, -0.05) is 0 Å². The number of amides is 1. The fourth-order valence-corrected chi connectivity index (χ4v) is 3.46. The van der Waals surface area contributed by atoms with Gasteiger partial charge in [-0.3, -0.25) is 9.69 Å². The Morgan fingerprint density at radius 3 is 2.72 bits per heavy atom. The molecular weight excluding hydrogens is 343 g/mol. The summed E-state index contributed by atoms with van der Waals surface area (Å²) < 4.78 is 23.7. The maximum Gasteiger partial charge on any atom is 0.258 e. The van der Waals surface area contributed by atoms with E-state index in [0.717, 1.165) is 13.1 Å². The lowest BCUT2D eigenvalue weighted by Gasteiger charge is -2.34. The molecule has 0 spiro atoms. The Morgan fingerprint density at radius 2 is 2.04 bits per heavy atom. The average Bonchev–Trinajstić information content (AvgIpc) is 3.17. The SMILES string of the molecule is O=C(COc1ccc(F)cc1)NC[C@@H](c1ccsc1)N1CCOCC1. The third-order valence-corrected chi connectivity index (χ3v) is 4.79. The third kappa shape index (κ3) is 5.26. The summed E-state index contributed by atoms with van der Waals surface area (Å²) in [6.45, 7) is 3.54. The number of halogens is 1. The van der Waals surface area contributed by atoms with Crippen molar-refractivity contribution in [3.05, 3.63) is 52.5 Å². The molecule has 1 amide bonds. The fourth-order valence-electron chi connectivity index (χ4n) is 2.75. The van der Waals surface area contributed by atoms with E-state index in [2.05, 4.69) is 21.7 Å².